The fourth-order valence-electron chi connectivity index (χ4n) is 3.60. The summed E-state index contributed by atoms with van der Waals surface area (Å²) in [7, 11) is 1.91. The standard InChI is InChI=1S/C17H22FN3O2/c1-19-9-11-3-2-6-21(10-11)17(23)14-8-16(22)20-15-7-12(18)4-5-13(14)15/h4-5,7,11,14,19H,2-3,6,8-10H2,1H3,(H,20,22). The third kappa shape index (κ3) is 3.37. The molecule has 2 N–H and O–H groups in total. The molecule has 0 aromatic heterocycles. The minimum atomic E-state index is -0.507. The van der Waals surface area contributed by atoms with E-state index in [9.17, 15) is 14.0 Å². The third-order valence-corrected chi connectivity index (χ3v) is 4.68. The quantitative estimate of drug-likeness (QED) is 0.891. The largest absolute Gasteiger partial charge is 0.342 e. The SMILES string of the molecule is CNCC1CCCN(C(=O)C2CC(=O)Nc3cc(F)ccc32)C1. The van der Waals surface area contributed by atoms with Gasteiger partial charge in [0.1, 0.15) is 5.82 Å². The summed E-state index contributed by atoms with van der Waals surface area (Å²) in [5, 5.41) is 5.82. The molecule has 0 saturated carbocycles. The summed E-state index contributed by atoms with van der Waals surface area (Å²) in [6, 6.07) is 4.24. The van der Waals surface area contributed by atoms with Gasteiger partial charge in [0.25, 0.3) is 0 Å². The Labute approximate surface area is 135 Å². The van der Waals surface area contributed by atoms with Crippen LogP contribution in [0.2, 0.25) is 0 Å². The van der Waals surface area contributed by atoms with Gasteiger partial charge in [-0.1, -0.05) is 6.07 Å². The van der Waals surface area contributed by atoms with Gasteiger partial charge in [-0.05, 0) is 50.0 Å². The van der Waals surface area contributed by atoms with E-state index in [1.54, 1.807) is 6.07 Å². The average Bonchev–Trinajstić information content (AvgIpc) is 2.53. The highest BCUT2D eigenvalue weighted by atomic mass is 19.1. The van der Waals surface area contributed by atoms with Gasteiger partial charge in [0.2, 0.25) is 11.8 Å². The third-order valence-electron chi connectivity index (χ3n) is 4.68. The lowest BCUT2D eigenvalue weighted by molar-refractivity contribution is -0.136. The Balaban J connectivity index is 1.81. The highest BCUT2D eigenvalue weighted by Gasteiger charge is 2.35. The van der Waals surface area contributed by atoms with Gasteiger partial charge in [0, 0.05) is 25.2 Å². The summed E-state index contributed by atoms with van der Waals surface area (Å²) in [6.45, 7) is 2.33. The van der Waals surface area contributed by atoms with Gasteiger partial charge in [-0.15, -0.1) is 0 Å². The van der Waals surface area contributed by atoms with Crippen LogP contribution in [0.4, 0.5) is 10.1 Å². The number of amides is 2. The molecule has 0 spiro atoms. The van der Waals surface area contributed by atoms with E-state index in [0.29, 0.717) is 23.7 Å². The number of likely N-dealkylation sites (tertiary alicyclic amines) is 1. The number of halogens is 1. The summed E-state index contributed by atoms with van der Waals surface area (Å²) < 4.78 is 13.4. The zero-order valence-electron chi connectivity index (χ0n) is 13.3. The Morgan fingerprint density at radius 1 is 1.48 bits per heavy atom. The van der Waals surface area contributed by atoms with Crippen molar-refractivity contribution in [2.45, 2.75) is 25.2 Å². The first kappa shape index (κ1) is 15.9. The highest BCUT2D eigenvalue weighted by molar-refractivity contribution is 6.01. The van der Waals surface area contributed by atoms with Crippen molar-refractivity contribution < 1.29 is 14.0 Å². The van der Waals surface area contributed by atoms with Gasteiger partial charge in [0.05, 0.1) is 5.92 Å². The molecule has 1 aromatic rings. The number of hydrogen-bond acceptors (Lipinski definition) is 3. The van der Waals surface area contributed by atoms with Crippen LogP contribution in [0.25, 0.3) is 0 Å². The number of carbonyl (C=O) groups is 2. The molecule has 3 rings (SSSR count). The van der Waals surface area contributed by atoms with Crippen LogP contribution in [0, 0.1) is 11.7 Å². The molecule has 124 valence electrons. The number of carbonyl (C=O) groups excluding carboxylic acids is 2. The van der Waals surface area contributed by atoms with Gasteiger partial charge in [0.15, 0.2) is 0 Å². The normalized spacial score (nSPS) is 24.1. The van der Waals surface area contributed by atoms with E-state index < -0.39 is 11.7 Å². The first-order chi connectivity index (χ1) is 11.1. The van der Waals surface area contributed by atoms with Gasteiger partial charge in [-0.25, -0.2) is 4.39 Å². The Kier molecular flexibility index (Phi) is 4.61. The van der Waals surface area contributed by atoms with Crippen molar-refractivity contribution in [1.82, 2.24) is 10.2 Å². The van der Waals surface area contributed by atoms with Crippen molar-refractivity contribution in [3.8, 4) is 0 Å². The first-order valence-electron chi connectivity index (χ1n) is 8.11. The molecule has 2 atom stereocenters. The van der Waals surface area contributed by atoms with E-state index in [4.69, 9.17) is 0 Å². The van der Waals surface area contributed by atoms with Gasteiger partial charge in [-0.3, -0.25) is 9.59 Å². The van der Waals surface area contributed by atoms with Crippen LogP contribution in [-0.4, -0.2) is 43.4 Å². The summed E-state index contributed by atoms with van der Waals surface area (Å²) in [5.41, 5.74) is 1.13. The second-order valence-corrected chi connectivity index (χ2v) is 6.39. The lowest BCUT2D eigenvalue weighted by Gasteiger charge is -2.36. The number of benzene rings is 1. The zero-order valence-corrected chi connectivity index (χ0v) is 13.3. The maximum atomic E-state index is 13.4. The molecule has 0 aliphatic carbocycles. The number of rotatable bonds is 3. The van der Waals surface area contributed by atoms with Crippen LogP contribution >= 0.6 is 0 Å². The number of anilines is 1. The van der Waals surface area contributed by atoms with Crippen molar-refractivity contribution >= 4 is 17.5 Å². The molecule has 23 heavy (non-hydrogen) atoms. The Morgan fingerprint density at radius 3 is 3.09 bits per heavy atom. The molecule has 6 heteroatoms. The van der Waals surface area contributed by atoms with Crippen molar-refractivity contribution in [3.63, 3.8) is 0 Å². The maximum Gasteiger partial charge on any atom is 0.230 e. The predicted octanol–water partition coefficient (Wildman–Crippen LogP) is 1.71. The molecule has 2 unspecified atom stereocenters. The minimum Gasteiger partial charge on any atom is -0.342 e. The van der Waals surface area contributed by atoms with E-state index in [1.807, 2.05) is 11.9 Å². The van der Waals surface area contributed by atoms with Crippen molar-refractivity contribution in [2.24, 2.45) is 5.92 Å². The molecule has 2 heterocycles. The van der Waals surface area contributed by atoms with E-state index in [2.05, 4.69) is 10.6 Å². The summed E-state index contributed by atoms with van der Waals surface area (Å²) >= 11 is 0. The van der Waals surface area contributed by atoms with E-state index in [1.165, 1.54) is 12.1 Å². The Morgan fingerprint density at radius 2 is 2.30 bits per heavy atom. The summed E-state index contributed by atoms with van der Waals surface area (Å²) in [4.78, 5) is 26.7. The second-order valence-electron chi connectivity index (χ2n) is 6.39. The molecular formula is C17H22FN3O2. The van der Waals surface area contributed by atoms with E-state index in [0.717, 1.165) is 25.9 Å². The van der Waals surface area contributed by atoms with Crippen molar-refractivity contribution in [3.05, 3.63) is 29.6 Å². The van der Waals surface area contributed by atoms with Crippen LogP contribution in [-0.2, 0) is 9.59 Å². The van der Waals surface area contributed by atoms with Crippen molar-refractivity contribution in [2.75, 3.05) is 32.0 Å². The van der Waals surface area contributed by atoms with Crippen LogP contribution < -0.4 is 10.6 Å². The van der Waals surface area contributed by atoms with Crippen LogP contribution in [0.5, 0.6) is 0 Å². The van der Waals surface area contributed by atoms with E-state index >= 15 is 0 Å². The molecule has 0 radical (unpaired) electrons. The lowest BCUT2D eigenvalue weighted by Crippen LogP contribution is -2.45. The van der Waals surface area contributed by atoms with Crippen LogP contribution in [0.15, 0.2) is 18.2 Å². The monoisotopic (exact) mass is 319 g/mol. The number of fused-ring (bicyclic) bond motifs is 1. The van der Waals surface area contributed by atoms with Gasteiger partial charge >= 0.3 is 0 Å². The van der Waals surface area contributed by atoms with Gasteiger partial charge in [-0.2, -0.15) is 0 Å². The second kappa shape index (κ2) is 6.66. The number of nitrogens with one attached hydrogen (secondary N) is 2. The molecule has 2 aliphatic rings. The molecule has 2 amide bonds. The lowest BCUT2D eigenvalue weighted by atomic mass is 9.88. The molecule has 0 bridgehead atoms. The number of hydrogen-bond donors (Lipinski definition) is 2. The molecular weight excluding hydrogens is 297 g/mol. The molecule has 5 nitrogen and oxygen atoms in total. The Hall–Kier alpha value is -1.95. The number of nitrogens with zero attached hydrogens (tertiary/aromatic N) is 1. The molecule has 1 saturated heterocycles. The fourth-order valence-corrected chi connectivity index (χ4v) is 3.60. The maximum absolute atomic E-state index is 13.4. The first-order valence-corrected chi connectivity index (χ1v) is 8.11. The summed E-state index contributed by atoms with van der Waals surface area (Å²) in [5.74, 6) is -0.724. The summed E-state index contributed by atoms with van der Waals surface area (Å²) in [6.07, 6.45) is 2.22. The highest BCUT2D eigenvalue weighted by Crippen LogP contribution is 2.34. The van der Waals surface area contributed by atoms with Gasteiger partial charge < -0.3 is 15.5 Å². The topological polar surface area (TPSA) is 61.4 Å². The smallest absolute Gasteiger partial charge is 0.230 e. The predicted molar refractivity (Wildman–Crippen MR) is 85.6 cm³/mol. The van der Waals surface area contributed by atoms with E-state index in [-0.39, 0.29) is 18.2 Å². The molecule has 2 aliphatic heterocycles. The van der Waals surface area contributed by atoms with Crippen LogP contribution in [0.3, 0.4) is 0 Å². The minimum absolute atomic E-state index is 0.0199. The van der Waals surface area contributed by atoms with Crippen LogP contribution in [0.1, 0.15) is 30.7 Å². The molecule has 1 aromatic carbocycles. The zero-order chi connectivity index (χ0) is 16.4. The van der Waals surface area contributed by atoms with Crippen molar-refractivity contribution in [1.29, 1.82) is 0 Å². The Bertz CT molecular complexity index is 618. The molecule has 1 fully saturated rings. The average molecular weight is 319 g/mol. The fraction of sp³-hybridized carbons (Fsp3) is 0.529. The number of piperidine rings is 1.